The average molecular weight is 236 g/mol. The van der Waals surface area contributed by atoms with Crippen molar-refractivity contribution in [2.24, 2.45) is 5.92 Å². The predicted molar refractivity (Wildman–Crippen MR) is 69.1 cm³/mol. The molecule has 0 saturated heterocycles. The first kappa shape index (κ1) is 9.29. The molecule has 1 fully saturated rings. The van der Waals surface area contributed by atoms with Crippen molar-refractivity contribution in [3.05, 3.63) is 29.8 Å². The molecule has 1 aromatic carbocycles. The molecule has 2 rings (SSSR count). The van der Waals surface area contributed by atoms with Gasteiger partial charge >= 0.3 is 0 Å². The fourth-order valence-electron chi connectivity index (χ4n) is 2.02. The summed E-state index contributed by atoms with van der Waals surface area (Å²) in [6.45, 7) is 0. The van der Waals surface area contributed by atoms with E-state index in [4.69, 9.17) is 2.74 Å². The second kappa shape index (κ2) is 6.09. The van der Waals surface area contributed by atoms with Crippen molar-refractivity contribution in [3.8, 4) is 0 Å². The lowest BCUT2D eigenvalue weighted by Gasteiger charge is -2.20. The van der Waals surface area contributed by atoms with Gasteiger partial charge in [0.05, 0.1) is 0 Å². The molecule has 0 aromatic heterocycles. The van der Waals surface area contributed by atoms with Crippen molar-refractivity contribution in [2.75, 3.05) is 5.70 Å². The van der Waals surface area contributed by atoms with E-state index < -0.39 is 5.70 Å². The second-order valence-electron chi connectivity index (χ2n) is 4.25. The number of benzene rings is 1. The second-order valence-corrected chi connectivity index (χ2v) is 5.16. The Labute approximate surface area is 104 Å². The van der Waals surface area contributed by atoms with E-state index in [-0.39, 0.29) is 5.92 Å². The molecule has 0 bridgehead atoms. The molecule has 1 aromatic rings. The van der Waals surface area contributed by atoms with E-state index in [9.17, 15) is 4.79 Å². The van der Waals surface area contributed by atoms with Gasteiger partial charge in [-0.3, -0.25) is 4.79 Å². The number of aldehydes is 1. The molecule has 0 N–H and O–H groups in total. The van der Waals surface area contributed by atoms with Crippen molar-refractivity contribution < 1.29 is 7.54 Å². The molecule has 1 aliphatic rings. The highest BCUT2D eigenvalue weighted by Crippen LogP contribution is 2.29. The number of thioether (sulfide) groups is 1. The van der Waals surface area contributed by atoms with Gasteiger partial charge in [0.2, 0.25) is 0 Å². The third-order valence-corrected chi connectivity index (χ3v) is 3.88. The summed E-state index contributed by atoms with van der Waals surface area (Å²) >= 11 is 1.26. The van der Waals surface area contributed by atoms with Crippen LogP contribution in [0.2, 0.25) is 0 Å². The minimum absolute atomic E-state index is 0.135. The average Bonchev–Trinajstić information content (AvgIpc) is 2.39. The molecule has 0 atom stereocenters. The molecule has 0 unspecified atom stereocenters. The lowest BCUT2D eigenvalue weighted by Crippen LogP contribution is -2.08. The monoisotopic (exact) mass is 236 g/mol. The van der Waals surface area contributed by atoms with Crippen molar-refractivity contribution >= 4 is 18.0 Å². The minimum Gasteiger partial charge on any atom is -0.298 e. The Morgan fingerprint density at radius 1 is 1.38 bits per heavy atom. The summed E-state index contributed by atoms with van der Waals surface area (Å²) in [5.41, 5.74) is -0.624. The maximum atomic E-state index is 10.7. The highest BCUT2D eigenvalue weighted by Gasteiger charge is 2.13. The van der Waals surface area contributed by atoms with Crippen LogP contribution in [0.4, 0.5) is 0 Å². The van der Waals surface area contributed by atoms with Crippen molar-refractivity contribution in [1.29, 1.82) is 0 Å². The predicted octanol–water partition coefficient (Wildman–Crippen LogP) is 4.17. The first-order valence-corrected chi connectivity index (χ1v) is 6.68. The molecule has 0 amide bonds. The Balaban J connectivity index is 2.07. The molecule has 1 aliphatic carbocycles. The van der Waals surface area contributed by atoms with Crippen LogP contribution in [0.3, 0.4) is 0 Å². The summed E-state index contributed by atoms with van der Waals surface area (Å²) in [5, 5.41) is 0. The minimum atomic E-state index is -1.23. The highest BCUT2D eigenvalue weighted by molar-refractivity contribution is 7.99. The van der Waals surface area contributed by atoms with E-state index in [2.05, 4.69) is 0 Å². The van der Waals surface area contributed by atoms with E-state index in [1.807, 2.05) is 12.1 Å². The lowest BCUT2D eigenvalue weighted by atomic mass is 9.91. The summed E-state index contributed by atoms with van der Waals surface area (Å²) in [5.74, 6) is 0.135. The van der Waals surface area contributed by atoms with Crippen molar-refractivity contribution in [1.82, 2.24) is 0 Å². The molecule has 1 nitrogen and oxygen atoms in total. The highest BCUT2D eigenvalue weighted by atomic mass is 32.2. The number of hydrogen-bond acceptors (Lipinski definition) is 2. The quantitative estimate of drug-likeness (QED) is 0.576. The van der Waals surface area contributed by atoms with Gasteiger partial charge in [0.25, 0.3) is 0 Å². The van der Waals surface area contributed by atoms with Crippen molar-refractivity contribution in [3.63, 3.8) is 0 Å². The van der Waals surface area contributed by atoms with Crippen LogP contribution in [0.15, 0.2) is 29.2 Å². The van der Waals surface area contributed by atoms with Gasteiger partial charge in [-0.25, -0.2) is 0 Å². The van der Waals surface area contributed by atoms with Crippen LogP contribution in [-0.2, 0) is 0 Å². The van der Waals surface area contributed by atoms with Crippen LogP contribution in [0, 0.1) is 5.92 Å². The van der Waals surface area contributed by atoms with E-state index in [0.717, 1.165) is 36.9 Å². The van der Waals surface area contributed by atoms with Crippen LogP contribution in [0.1, 0.15) is 45.2 Å². The van der Waals surface area contributed by atoms with Gasteiger partial charge < -0.3 is 0 Å². The third-order valence-electron chi connectivity index (χ3n) is 2.94. The number of hydrogen-bond donors (Lipinski definition) is 0. The van der Waals surface area contributed by atoms with Gasteiger partial charge in [-0.15, -0.1) is 11.8 Å². The first-order chi connectivity index (χ1) is 8.62. The topological polar surface area (TPSA) is 17.1 Å². The normalized spacial score (nSPS) is 20.0. The molecular weight excluding hydrogens is 216 g/mol. The summed E-state index contributed by atoms with van der Waals surface area (Å²) in [6.07, 6.45) is 6.27. The summed E-state index contributed by atoms with van der Waals surface area (Å²) in [4.78, 5) is 11.6. The van der Waals surface area contributed by atoms with Crippen LogP contribution in [0.25, 0.3) is 0 Å². The van der Waals surface area contributed by atoms with Gasteiger partial charge in [-0.1, -0.05) is 31.4 Å². The number of rotatable bonds is 4. The largest absolute Gasteiger partial charge is 0.298 e. The van der Waals surface area contributed by atoms with Crippen LogP contribution < -0.4 is 0 Å². The lowest BCUT2D eigenvalue weighted by molar-refractivity contribution is 0.112. The van der Waals surface area contributed by atoms with E-state index in [0.29, 0.717) is 5.56 Å². The maximum Gasteiger partial charge on any atom is 0.150 e. The third kappa shape index (κ3) is 3.38. The maximum absolute atomic E-state index is 10.7. The zero-order valence-corrected chi connectivity index (χ0v) is 10.1. The van der Waals surface area contributed by atoms with Crippen LogP contribution in [0.5, 0.6) is 0 Å². The molecule has 0 radical (unpaired) electrons. The smallest absolute Gasteiger partial charge is 0.150 e. The van der Waals surface area contributed by atoms with Crippen molar-refractivity contribution in [2.45, 2.75) is 37.0 Å². The van der Waals surface area contributed by atoms with E-state index in [1.54, 1.807) is 12.1 Å². The van der Waals surface area contributed by atoms with Gasteiger partial charge in [0, 0.05) is 18.9 Å². The van der Waals surface area contributed by atoms with Gasteiger partial charge in [-0.05, 0) is 30.9 Å². The molecule has 1 saturated carbocycles. The Morgan fingerprint density at radius 2 is 2.19 bits per heavy atom. The Hall–Kier alpha value is -0.760. The fourth-order valence-corrected chi connectivity index (χ4v) is 2.90. The molecule has 0 heterocycles. The SMILES string of the molecule is [2H]C([2H])(Sc1cccc(C=O)c1)C1CCCCC1. The summed E-state index contributed by atoms with van der Waals surface area (Å²) in [7, 11) is 0. The molecule has 86 valence electrons. The summed E-state index contributed by atoms with van der Waals surface area (Å²) in [6, 6.07) is 7.19. The zero-order chi connectivity index (χ0) is 13.0. The Morgan fingerprint density at radius 3 is 2.94 bits per heavy atom. The molecule has 0 spiro atoms. The Bertz CT molecular complexity index is 414. The standard InChI is InChI=1S/C14H18OS/c15-10-13-7-4-8-14(9-13)16-11-12-5-2-1-3-6-12/h4,7-10,12H,1-3,5-6,11H2/i11D2. The molecule has 2 heteroatoms. The first-order valence-electron chi connectivity index (χ1n) is 6.86. The van der Waals surface area contributed by atoms with E-state index in [1.165, 1.54) is 18.2 Å². The number of carbonyl (C=O) groups excluding carboxylic acids is 1. The Kier molecular flexibility index (Phi) is 3.54. The molecule has 16 heavy (non-hydrogen) atoms. The van der Waals surface area contributed by atoms with Gasteiger partial charge in [-0.2, -0.15) is 0 Å². The van der Waals surface area contributed by atoms with Gasteiger partial charge in [0.15, 0.2) is 0 Å². The molecule has 0 aliphatic heterocycles. The summed E-state index contributed by atoms with van der Waals surface area (Å²) < 4.78 is 16.5. The van der Waals surface area contributed by atoms with Crippen LogP contribution in [-0.4, -0.2) is 12.0 Å². The zero-order valence-electron chi connectivity index (χ0n) is 11.3. The molecular formula is C14H18OS. The fraction of sp³-hybridized carbons (Fsp3) is 0.500. The van der Waals surface area contributed by atoms with Gasteiger partial charge in [0.1, 0.15) is 6.29 Å². The number of carbonyl (C=O) groups is 1. The van der Waals surface area contributed by atoms with Crippen LogP contribution >= 0.6 is 11.8 Å². The van der Waals surface area contributed by atoms with E-state index >= 15 is 0 Å².